The molecule has 0 aliphatic carbocycles. The smallest absolute Gasteiger partial charge is 0.295 e. The number of Topliss-reactive ketones (excluding diaryl/α,β-unsaturated/α-hetero) is 1. The number of likely N-dealkylation sites (N-methyl/N-ethyl adjacent to an activating group) is 1. The zero-order chi connectivity index (χ0) is 26.7. The first-order chi connectivity index (χ1) is 17.7. The Bertz CT molecular complexity index is 1200. The predicted octanol–water partition coefficient (Wildman–Crippen LogP) is 4.18. The lowest BCUT2D eigenvalue weighted by molar-refractivity contribution is -0.140. The van der Waals surface area contributed by atoms with Gasteiger partial charge in [0.25, 0.3) is 11.7 Å². The van der Waals surface area contributed by atoms with Crippen LogP contribution in [0.5, 0.6) is 17.2 Å². The van der Waals surface area contributed by atoms with E-state index < -0.39 is 17.7 Å². The Labute approximate surface area is 218 Å². The van der Waals surface area contributed by atoms with Gasteiger partial charge in [-0.3, -0.25) is 9.59 Å². The van der Waals surface area contributed by atoms with Crippen LogP contribution in [0.1, 0.15) is 49.4 Å². The number of likely N-dealkylation sites (tertiary alicyclic amines) is 1. The molecular formula is C29H36N2O6. The first-order valence-corrected chi connectivity index (χ1v) is 12.8. The molecule has 37 heavy (non-hydrogen) atoms. The maximum Gasteiger partial charge on any atom is 0.295 e. The molecule has 1 fully saturated rings. The maximum atomic E-state index is 13.3. The third-order valence-corrected chi connectivity index (χ3v) is 6.76. The molecule has 2 aromatic carbocycles. The second-order valence-electron chi connectivity index (χ2n) is 9.86. The van der Waals surface area contributed by atoms with Crippen molar-refractivity contribution in [1.82, 2.24) is 9.80 Å². The third-order valence-electron chi connectivity index (χ3n) is 6.76. The molecule has 4 rings (SSSR count). The number of methoxy groups -OCH3 is 1. The number of carbonyl (C=O) groups is 2. The molecule has 0 aromatic heterocycles. The largest absolute Gasteiger partial charge is 0.507 e. The topological polar surface area (TPSA) is 88.5 Å². The van der Waals surface area contributed by atoms with Crippen LogP contribution in [0.2, 0.25) is 0 Å². The van der Waals surface area contributed by atoms with E-state index in [1.807, 2.05) is 38.1 Å². The molecule has 2 aromatic rings. The fourth-order valence-corrected chi connectivity index (χ4v) is 4.79. The average molecular weight is 509 g/mol. The molecule has 0 bridgehead atoms. The van der Waals surface area contributed by atoms with Gasteiger partial charge in [0.2, 0.25) is 0 Å². The van der Waals surface area contributed by atoms with Crippen LogP contribution in [-0.4, -0.2) is 73.6 Å². The monoisotopic (exact) mass is 508 g/mol. The number of carbonyl (C=O) groups excluding carboxylic acids is 2. The molecule has 2 heterocycles. The van der Waals surface area contributed by atoms with Crippen molar-refractivity contribution in [2.45, 2.75) is 45.3 Å². The van der Waals surface area contributed by atoms with Gasteiger partial charge in [0, 0.05) is 25.1 Å². The van der Waals surface area contributed by atoms with Gasteiger partial charge in [-0.2, -0.15) is 0 Å². The second kappa shape index (κ2) is 11.3. The summed E-state index contributed by atoms with van der Waals surface area (Å²) >= 11 is 0. The molecule has 2 unspecified atom stereocenters. The Morgan fingerprint density at radius 2 is 1.95 bits per heavy atom. The van der Waals surface area contributed by atoms with Gasteiger partial charge in [-0.05, 0) is 68.9 Å². The normalized spacial score (nSPS) is 20.3. The maximum absolute atomic E-state index is 13.3. The minimum absolute atomic E-state index is 0.0505. The van der Waals surface area contributed by atoms with Crippen molar-refractivity contribution in [3.05, 3.63) is 58.7 Å². The Morgan fingerprint density at radius 1 is 1.16 bits per heavy atom. The van der Waals surface area contributed by atoms with Crippen molar-refractivity contribution >= 4 is 17.4 Å². The lowest BCUT2D eigenvalue weighted by Gasteiger charge is -2.27. The predicted molar refractivity (Wildman–Crippen MR) is 141 cm³/mol. The number of aliphatic hydroxyl groups is 1. The molecule has 2 aliphatic rings. The van der Waals surface area contributed by atoms with Crippen molar-refractivity contribution in [2.75, 3.05) is 40.9 Å². The fourth-order valence-electron chi connectivity index (χ4n) is 4.79. The van der Waals surface area contributed by atoms with Crippen LogP contribution >= 0.6 is 0 Å². The molecule has 1 N–H and O–H groups in total. The quantitative estimate of drug-likeness (QED) is 0.223. The molecule has 198 valence electrons. The van der Waals surface area contributed by atoms with Crippen molar-refractivity contribution in [3.63, 3.8) is 0 Å². The van der Waals surface area contributed by atoms with Gasteiger partial charge in [-0.1, -0.05) is 19.4 Å². The SMILES string of the molecule is CCCCOc1ccc(C2/C(=C(\O)c3ccc4c(c3)CC(C)O4)C(=O)C(=O)N2CCN(C)C)cc1OC. The van der Waals surface area contributed by atoms with Gasteiger partial charge in [0.1, 0.15) is 17.6 Å². The Kier molecular flexibility index (Phi) is 8.07. The molecule has 0 radical (unpaired) electrons. The third kappa shape index (κ3) is 5.44. The number of benzene rings is 2. The second-order valence-corrected chi connectivity index (χ2v) is 9.86. The Hall–Kier alpha value is -3.52. The zero-order valence-electron chi connectivity index (χ0n) is 22.2. The molecule has 2 aliphatic heterocycles. The summed E-state index contributed by atoms with van der Waals surface area (Å²) in [5.74, 6) is 0.353. The van der Waals surface area contributed by atoms with Crippen molar-refractivity contribution < 1.29 is 28.9 Å². The highest BCUT2D eigenvalue weighted by Crippen LogP contribution is 2.42. The summed E-state index contributed by atoms with van der Waals surface area (Å²) in [5.41, 5.74) is 2.18. The number of rotatable bonds is 10. The van der Waals surface area contributed by atoms with E-state index in [0.29, 0.717) is 48.7 Å². The first-order valence-electron chi connectivity index (χ1n) is 12.8. The summed E-state index contributed by atoms with van der Waals surface area (Å²) in [6.45, 7) is 5.53. The van der Waals surface area contributed by atoms with Crippen LogP contribution in [0.25, 0.3) is 5.76 Å². The fraction of sp³-hybridized carbons (Fsp3) is 0.448. The number of nitrogens with zero attached hydrogens (tertiary/aromatic N) is 2. The highest BCUT2D eigenvalue weighted by molar-refractivity contribution is 6.46. The molecule has 1 saturated heterocycles. The summed E-state index contributed by atoms with van der Waals surface area (Å²) in [7, 11) is 5.37. The molecule has 8 nitrogen and oxygen atoms in total. The number of hydrogen-bond acceptors (Lipinski definition) is 7. The van der Waals surface area contributed by atoms with Crippen LogP contribution in [0, 0.1) is 0 Å². The number of hydrogen-bond donors (Lipinski definition) is 1. The van der Waals surface area contributed by atoms with Gasteiger partial charge < -0.3 is 29.1 Å². The van der Waals surface area contributed by atoms with Gasteiger partial charge >= 0.3 is 0 Å². The number of amides is 1. The summed E-state index contributed by atoms with van der Waals surface area (Å²) < 4.78 is 17.2. The summed E-state index contributed by atoms with van der Waals surface area (Å²) in [6.07, 6.45) is 2.69. The molecule has 0 spiro atoms. The summed E-state index contributed by atoms with van der Waals surface area (Å²) in [4.78, 5) is 30.0. The average Bonchev–Trinajstić information content (AvgIpc) is 3.37. The van der Waals surface area contributed by atoms with E-state index >= 15 is 0 Å². The van der Waals surface area contributed by atoms with Crippen molar-refractivity contribution in [2.24, 2.45) is 0 Å². The van der Waals surface area contributed by atoms with Gasteiger partial charge in [-0.25, -0.2) is 0 Å². The van der Waals surface area contributed by atoms with Gasteiger partial charge in [0.15, 0.2) is 11.5 Å². The number of ether oxygens (including phenoxy) is 3. The van der Waals surface area contributed by atoms with Crippen LogP contribution in [0.15, 0.2) is 42.0 Å². The van der Waals surface area contributed by atoms with Crippen LogP contribution in [-0.2, 0) is 16.0 Å². The molecule has 8 heteroatoms. The standard InChI is InChI=1S/C29H36N2O6/c1-6-7-14-36-23-11-8-19(17-24(23)35-5)26-25(28(33)29(34)31(26)13-12-30(3)4)27(32)20-9-10-22-21(16-20)15-18(2)37-22/h8-11,16-18,26,32H,6-7,12-15H2,1-5H3/b27-25+. The van der Waals surface area contributed by atoms with Gasteiger partial charge in [-0.15, -0.1) is 0 Å². The number of ketones is 1. The van der Waals surface area contributed by atoms with Crippen molar-refractivity contribution in [1.29, 1.82) is 0 Å². The Morgan fingerprint density at radius 3 is 2.65 bits per heavy atom. The van der Waals surface area contributed by atoms with E-state index in [1.165, 1.54) is 4.90 Å². The minimum atomic E-state index is -0.762. The van der Waals surface area contributed by atoms with E-state index in [2.05, 4.69) is 6.92 Å². The minimum Gasteiger partial charge on any atom is -0.507 e. The van der Waals surface area contributed by atoms with E-state index in [-0.39, 0.29) is 17.4 Å². The molecule has 0 saturated carbocycles. The van der Waals surface area contributed by atoms with E-state index in [9.17, 15) is 14.7 Å². The van der Waals surface area contributed by atoms with E-state index in [0.717, 1.165) is 24.2 Å². The number of unbranched alkanes of at least 4 members (excludes halogenated alkanes) is 1. The first kappa shape index (κ1) is 26.5. The van der Waals surface area contributed by atoms with Gasteiger partial charge in [0.05, 0.1) is 25.3 Å². The Balaban J connectivity index is 1.79. The van der Waals surface area contributed by atoms with Crippen molar-refractivity contribution in [3.8, 4) is 17.2 Å². The van der Waals surface area contributed by atoms with E-state index in [4.69, 9.17) is 14.2 Å². The number of fused-ring (bicyclic) bond motifs is 1. The highest BCUT2D eigenvalue weighted by atomic mass is 16.5. The lowest BCUT2D eigenvalue weighted by Crippen LogP contribution is -2.35. The zero-order valence-corrected chi connectivity index (χ0v) is 22.2. The molecular weight excluding hydrogens is 472 g/mol. The molecule has 2 atom stereocenters. The summed E-state index contributed by atoms with van der Waals surface area (Å²) in [6, 6.07) is 10.0. The van der Waals surface area contributed by atoms with Crippen LogP contribution in [0.3, 0.4) is 0 Å². The highest BCUT2D eigenvalue weighted by Gasteiger charge is 2.46. The summed E-state index contributed by atoms with van der Waals surface area (Å²) in [5, 5.41) is 11.4. The lowest BCUT2D eigenvalue weighted by atomic mass is 9.94. The molecule has 1 amide bonds. The number of aliphatic hydroxyl groups excluding tert-OH is 1. The van der Waals surface area contributed by atoms with E-state index in [1.54, 1.807) is 31.4 Å². The van der Waals surface area contributed by atoms with Crippen LogP contribution < -0.4 is 14.2 Å². The van der Waals surface area contributed by atoms with Crippen LogP contribution in [0.4, 0.5) is 0 Å².